The Bertz CT molecular complexity index is 1070. The first-order chi connectivity index (χ1) is 16.9. The Morgan fingerprint density at radius 2 is 1.94 bits per heavy atom. The SMILES string of the molecule is CCCn1nc(C(=O)N[C@@H](CCN2CCCC(F)(F)C2)CC(=O)O)cc1-c1ccccc1C(F)(F)F. The summed E-state index contributed by atoms with van der Waals surface area (Å²) in [5, 5.41) is 16.0. The number of aromatic nitrogens is 2. The van der Waals surface area contributed by atoms with Crippen LogP contribution in [0.4, 0.5) is 22.0 Å². The maximum atomic E-state index is 13.7. The average molecular weight is 517 g/mol. The van der Waals surface area contributed by atoms with E-state index in [-0.39, 0.29) is 42.9 Å². The van der Waals surface area contributed by atoms with E-state index in [0.717, 1.165) is 6.07 Å². The van der Waals surface area contributed by atoms with Gasteiger partial charge in [0.15, 0.2) is 5.69 Å². The van der Waals surface area contributed by atoms with Gasteiger partial charge in [0.05, 0.1) is 24.2 Å². The van der Waals surface area contributed by atoms with E-state index in [4.69, 9.17) is 0 Å². The highest BCUT2D eigenvalue weighted by molar-refractivity contribution is 5.94. The second kappa shape index (κ2) is 11.4. The fraction of sp³-hybridized carbons (Fsp3) is 0.542. The van der Waals surface area contributed by atoms with E-state index in [1.54, 1.807) is 0 Å². The van der Waals surface area contributed by atoms with Crippen molar-refractivity contribution in [2.75, 3.05) is 19.6 Å². The monoisotopic (exact) mass is 516 g/mol. The number of benzene rings is 1. The van der Waals surface area contributed by atoms with E-state index in [1.807, 2.05) is 6.92 Å². The van der Waals surface area contributed by atoms with E-state index in [9.17, 15) is 36.6 Å². The molecule has 1 atom stereocenters. The van der Waals surface area contributed by atoms with Gasteiger partial charge in [0, 0.05) is 31.1 Å². The van der Waals surface area contributed by atoms with Crippen LogP contribution < -0.4 is 5.32 Å². The molecule has 1 aliphatic rings. The number of carbonyl (C=O) groups is 2. The Labute approximate surface area is 205 Å². The predicted molar refractivity (Wildman–Crippen MR) is 122 cm³/mol. The minimum Gasteiger partial charge on any atom is -0.481 e. The lowest BCUT2D eigenvalue weighted by Crippen LogP contribution is -2.45. The van der Waals surface area contributed by atoms with Crippen molar-refractivity contribution in [2.45, 2.75) is 63.7 Å². The number of likely N-dealkylation sites (tertiary alicyclic amines) is 1. The number of alkyl halides is 5. The largest absolute Gasteiger partial charge is 0.481 e. The van der Waals surface area contributed by atoms with Gasteiger partial charge in [0.1, 0.15) is 0 Å². The number of halogens is 5. The standard InChI is InChI=1S/C24H29F5N4O3/c1-2-10-33-20(17-6-3-4-7-18(17)24(27,28)29)14-19(31-33)22(36)30-16(13-21(34)35)8-12-32-11-5-9-23(25,26)15-32/h3-4,6-7,14,16H,2,5,8-13,15H2,1H3,(H,30,36)(H,34,35)/t16-/m0/s1. The van der Waals surface area contributed by atoms with Gasteiger partial charge in [-0.3, -0.25) is 19.2 Å². The molecule has 0 aliphatic carbocycles. The van der Waals surface area contributed by atoms with E-state index in [2.05, 4.69) is 10.4 Å². The fourth-order valence-corrected chi connectivity index (χ4v) is 4.35. The number of aliphatic carboxylic acids is 1. The number of rotatable bonds is 10. The van der Waals surface area contributed by atoms with E-state index in [0.29, 0.717) is 19.4 Å². The molecule has 7 nitrogen and oxygen atoms in total. The van der Waals surface area contributed by atoms with Gasteiger partial charge >= 0.3 is 12.1 Å². The minimum atomic E-state index is -4.61. The number of amides is 1. The van der Waals surface area contributed by atoms with Crippen LogP contribution in [0.5, 0.6) is 0 Å². The molecular formula is C24H29F5N4O3. The molecule has 1 aromatic heterocycles. The van der Waals surface area contributed by atoms with Crippen LogP contribution in [-0.4, -0.2) is 63.3 Å². The van der Waals surface area contributed by atoms with Gasteiger partial charge in [-0.05, 0) is 37.9 Å². The molecule has 2 N–H and O–H groups in total. The zero-order valence-electron chi connectivity index (χ0n) is 19.8. The summed E-state index contributed by atoms with van der Waals surface area (Å²) in [6, 6.07) is 5.36. The molecule has 1 aliphatic heterocycles. The lowest BCUT2D eigenvalue weighted by atomic mass is 10.0. The van der Waals surface area contributed by atoms with E-state index >= 15 is 0 Å². The van der Waals surface area contributed by atoms with Crippen LogP contribution in [0.25, 0.3) is 11.3 Å². The average Bonchev–Trinajstić information content (AvgIpc) is 3.20. The summed E-state index contributed by atoms with van der Waals surface area (Å²) in [5.74, 6) is -4.73. The number of nitrogens with one attached hydrogen (secondary N) is 1. The van der Waals surface area contributed by atoms with E-state index in [1.165, 1.54) is 33.8 Å². The van der Waals surface area contributed by atoms with Crippen LogP contribution in [0.15, 0.2) is 30.3 Å². The molecule has 36 heavy (non-hydrogen) atoms. The van der Waals surface area contributed by atoms with Crippen LogP contribution in [0, 0.1) is 0 Å². The van der Waals surface area contributed by atoms with Gasteiger partial charge in [0.25, 0.3) is 11.8 Å². The van der Waals surface area contributed by atoms with Crippen LogP contribution in [0.2, 0.25) is 0 Å². The third-order valence-electron chi connectivity index (χ3n) is 5.98. The molecule has 0 bridgehead atoms. The Morgan fingerprint density at radius 1 is 1.22 bits per heavy atom. The quantitative estimate of drug-likeness (QED) is 0.448. The predicted octanol–water partition coefficient (Wildman–Crippen LogP) is 4.67. The summed E-state index contributed by atoms with van der Waals surface area (Å²) in [4.78, 5) is 25.8. The highest BCUT2D eigenvalue weighted by Crippen LogP contribution is 2.37. The zero-order chi connectivity index (χ0) is 26.5. The second-order valence-electron chi connectivity index (χ2n) is 8.97. The number of aryl methyl sites for hydroxylation is 1. The minimum absolute atomic E-state index is 0.111. The molecule has 0 saturated carbocycles. The topological polar surface area (TPSA) is 87.5 Å². The first-order valence-corrected chi connectivity index (χ1v) is 11.8. The first-order valence-electron chi connectivity index (χ1n) is 11.8. The third kappa shape index (κ3) is 7.25. The van der Waals surface area contributed by atoms with Crippen molar-refractivity contribution in [2.24, 2.45) is 0 Å². The van der Waals surface area contributed by atoms with Crippen molar-refractivity contribution >= 4 is 11.9 Å². The van der Waals surface area contributed by atoms with Crippen molar-refractivity contribution in [3.63, 3.8) is 0 Å². The van der Waals surface area contributed by atoms with Crippen molar-refractivity contribution in [3.05, 3.63) is 41.6 Å². The normalized spacial score (nSPS) is 17.1. The zero-order valence-corrected chi connectivity index (χ0v) is 19.8. The lowest BCUT2D eigenvalue weighted by molar-refractivity contribution is -0.138. The second-order valence-corrected chi connectivity index (χ2v) is 8.97. The van der Waals surface area contributed by atoms with E-state index < -0.39 is 48.5 Å². The molecule has 1 aromatic carbocycles. The van der Waals surface area contributed by atoms with Crippen molar-refractivity contribution in [1.29, 1.82) is 0 Å². The van der Waals surface area contributed by atoms with Gasteiger partial charge < -0.3 is 10.4 Å². The molecule has 0 radical (unpaired) electrons. The summed E-state index contributed by atoms with van der Waals surface area (Å²) in [6.45, 7) is 2.27. The lowest BCUT2D eigenvalue weighted by Gasteiger charge is -2.33. The number of hydrogen-bond acceptors (Lipinski definition) is 4. The van der Waals surface area contributed by atoms with Crippen LogP contribution >= 0.6 is 0 Å². The maximum Gasteiger partial charge on any atom is 0.417 e. The summed E-state index contributed by atoms with van der Waals surface area (Å²) in [7, 11) is 0. The molecule has 1 fully saturated rings. The summed E-state index contributed by atoms with van der Waals surface area (Å²) in [5.41, 5.74) is -1.04. The van der Waals surface area contributed by atoms with Gasteiger partial charge in [-0.15, -0.1) is 0 Å². The maximum absolute atomic E-state index is 13.7. The Hall–Kier alpha value is -3.02. The van der Waals surface area contributed by atoms with Gasteiger partial charge in [-0.1, -0.05) is 25.1 Å². The Kier molecular flexibility index (Phi) is 8.70. The van der Waals surface area contributed by atoms with Crippen molar-refractivity contribution in [3.8, 4) is 11.3 Å². The smallest absolute Gasteiger partial charge is 0.417 e. The molecule has 3 rings (SSSR count). The molecule has 0 unspecified atom stereocenters. The number of hydrogen-bond donors (Lipinski definition) is 2. The number of carboxylic acid groups (broad SMARTS) is 1. The number of nitrogens with zero attached hydrogens (tertiary/aromatic N) is 3. The fourth-order valence-electron chi connectivity index (χ4n) is 4.35. The number of carboxylic acids is 1. The van der Waals surface area contributed by atoms with Gasteiger partial charge in [0.2, 0.25) is 0 Å². The highest BCUT2D eigenvalue weighted by Gasteiger charge is 2.36. The van der Waals surface area contributed by atoms with Crippen molar-refractivity contribution < 1.29 is 36.6 Å². The summed E-state index contributed by atoms with van der Waals surface area (Å²) < 4.78 is 69.4. The van der Waals surface area contributed by atoms with Crippen LogP contribution in [-0.2, 0) is 17.5 Å². The number of piperidine rings is 1. The molecule has 198 valence electrons. The summed E-state index contributed by atoms with van der Waals surface area (Å²) >= 11 is 0. The third-order valence-corrected chi connectivity index (χ3v) is 5.98. The molecule has 1 saturated heterocycles. The first kappa shape index (κ1) is 27.6. The van der Waals surface area contributed by atoms with Gasteiger partial charge in [-0.2, -0.15) is 18.3 Å². The van der Waals surface area contributed by atoms with Gasteiger partial charge in [-0.25, -0.2) is 8.78 Å². The molecule has 2 aromatic rings. The molecule has 0 spiro atoms. The molecule has 1 amide bonds. The van der Waals surface area contributed by atoms with Crippen molar-refractivity contribution in [1.82, 2.24) is 20.0 Å². The Morgan fingerprint density at radius 3 is 2.58 bits per heavy atom. The van der Waals surface area contributed by atoms with Crippen LogP contribution in [0.1, 0.15) is 55.1 Å². The van der Waals surface area contributed by atoms with Crippen LogP contribution in [0.3, 0.4) is 0 Å². The number of carbonyl (C=O) groups excluding carboxylic acids is 1. The summed E-state index contributed by atoms with van der Waals surface area (Å²) in [6.07, 6.45) is -4.26. The molecule has 2 heterocycles. The molecular weight excluding hydrogens is 487 g/mol. The molecule has 12 heteroatoms. The Balaban J connectivity index is 1.80. The highest BCUT2D eigenvalue weighted by atomic mass is 19.4.